The number of halogens is 2. The lowest BCUT2D eigenvalue weighted by Crippen LogP contribution is -2.33. The van der Waals surface area contributed by atoms with Gasteiger partial charge in [0.1, 0.15) is 18.2 Å². The molecule has 0 saturated heterocycles. The average Bonchev–Trinajstić information content (AvgIpc) is 2.74. The quantitative estimate of drug-likeness (QED) is 0.717. The van der Waals surface area contributed by atoms with Crippen molar-refractivity contribution in [2.24, 2.45) is 11.1 Å². The number of anilines is 1. The summed E-state index contributed by atoms with van der Waals surface area (Å²) in [6.07, 6.45) is 1.90. The molecule has 1 aromatic carbocycles. The number of hydrogen-bond donors (Lipinski definition) is 2. The fourth-order valence-electron chi connectivity index (χ4n) is 3.18. The van der Waals surface area contributed by atoms with E-state index in [9.17, 15) is 13.6 Å². The first-order valence-electron chi connectivity index (χ1n) is 9.33. The molecule has 29 heavy (non-hydrogen) atoms. The molecule has 0 unspecified atom stereocenters. The Labute approximate surface area is 172 Å². The van der Waals surface area contributed by atoms with Crippen molar-refractivity contribution in [1.29, 1.82) is 0 Å². The van der Waals surface area contributed by atoms with Gasteiger partial charge in [0.05, 0.1) is 0 Å². The van der Waals surface area contributed by atoms with Gasteiger partial charge in [-0.05, 0) is 49.1 Å². The number of benzene rings is 1. The number of carbonyl (C=O) groups is 1. The summed E-state index contributed by atoms with van der Waals surface area (Å²) < 4.78 is 37.1. The number of pyridine rings is 1. The summed E-state index contributed by atoms with van der Waals surface area (Å²) in [5, 5.41) is 8.57. The monoisotopic (exact) mass is 423 g/mol. The normalized spacial score (nSPS) is 19.5. The van der Waals surface area contributed by atoms with Crippen LogP contribution in [0.3, 0.4) is 0 Å². The minimum Gasteiger partial charge on any atom is -0.486 e. The Hall–Kier alpha value is -2.39. The van der Waals surface area contributed by atoms with E-state index >= 15 is 0 Å². The highest BCUT2D eigenvalue weighted by Crippen LogP contribution is 2.37. The lowest BCUT2D eigenvalue weighted by Gasteiger charge is -2.27. The maximum absolute atomic E-state index is 13.3. The Kier molecular flexibility index (Phi) is 7.27. The predicted octanol–water partition coefficient (Wildman–Crippen LogP) is 4.27. The van der Waals surface area contributed by atoms with E-state index in [1.807, 2.05) is 24.3 Å². The standard InChI is InChI=1S/C12H15F2N3OS.C8H8O2/c13-12(14)4-1-2-8(7-12)11(18)17-9-3-5-16-10(6-9)19-15;1-2-4-8-7(3-1)9-5-6-10-8/h3,5-6,8H,1-2,4,7,15H2,(H,16,17,18);1-4H,5-6H2/t8-;/m0./s1. The second-order valence-corrected chi connectivity index (χ2v) is 7.44. The minimum atomic E-state index is -2.73. The molecule has 6 nitrogen and oxygen atoms in total. The topological polar surface area (TPSA) is 86.5 Å². The van der Waals surface area contributed by atoms with E-state index in [0.717, 1.165) is 23.4 Å². The van der Waals surface area contributed by atoms with Crippen LogP contribution in [0.4, 0.5) is 14.5 Å². The number of fused-ring (bicyclic) bond motifs is 1. The summed E-state index contributed by atoms with van der Waals surface area (Å²) in [7, 11) is 0. The van der Waals surface area contributed by atoms with Gasteiger partial charge in [0.15, 0.2) is 11.5 Å². The van der Waals surface area contributed by atoms with Gasteiger partial charge in [-0.15, -0.1) is 0 Å². The number of rotatable bonds is 3. The van der Waals surface area contributed by atoms with Crippen molar-refractivity contribution >= 4 is 23.5 Å². The molecule has 0 radical (unpaired) electrons. The van der Waals surface area contributed by atoms with Crippen LogP contribution >= 0.6 is 11.9 Å². The van der Waals surface area contributed by atoms with Crippen molar-refractivity contribution in [1.82, 2.24) is 4.98 Å². The molecule has 1 aliphatic heterocycles. The van der Waals surface area contributed by atoms with Gasteiger partial charge in [0.2, 0.25) is 11.8 Å². The summed E-state index contributed by atoms with van der Waals surface area (Å²) in [4.78, 5) is 15.9. The van der Waals surface area contributed by atoms with Crippen LogP contribution in [-0.4, -0.2) is 30.0 Å². The number of para-hydroxylation sites is 2. The van der Waals surface area contributed by atoms with E-state index in [4.69, 9.17) is 14.6 Å². The molecule has 0 spiro atoms. The summed E-state index contributed by atoms with van der Waals surface area (Å²) in [6.45, 7) is 1.33. The number of aromatic nitrogens is 1. The van der Waals surface area contributed by atoms with Crippen LogP contribution in [0.15, 0.2) is 47.6 Å². The zero-order valence-electron chi connectivity index (χ0n) is 15.8. The summed E-state index contributed by atoms with van der Waals surface area (Å²) in [6, 6.07) is 10.9. The SMILES string of the molecule is NSc1cc(NC(=O)[C@H]2CCCC(F)(F)C2)ccn1.c1ccc2c(c1)OCCO2. The highest BCUT2D eigenvalue weighted by molar-refractivity contribution is 7.97. The zero-order valence-corrected chi connectivity index (χ0v) is 16.6. The molecular formula is C20H23F2N3O3S. The molecule has 2 aliphatic rings. The van der Waals surface area contributed by atoms with Crippen molar-refractivity contribution in [3.8, 4) is 11.5 Å². The van der Waals surface area contributed by atoms with Crippen molar-refractivity contribution in [3.63, 3.8) is 0 Å². The maximum Gasteiger partial charge on any atom is 0.248 e. The molecule has 1 amide bonds. The molecule has 4 rings (SSSR count). The molecule has 1 aromatic heterocycles. The summed E-state index contributed by atoms with van der Waals surface area (Å²) in [5.41, 5.74) is 0.529. The van der Waals surface area contributed by atoms with Gasteiger partial charge in [-0.3, -0.25) is 9.93 Å². The number of alkyl halides is 2. The van der Waals surface area contributed by atoms with E-state index in [1.165, 1.54) is 6.20 Å². The van der Waals surface area contributed by atoms with Crippen molar-refractivity contribution < 1.29 is 23.0 Å². The van der Waals surface area contributed by atoms with Gasteiger partial charge in [0, 0.05) is 30.6 Å². The van der Waals surface area contributed by atoms with Gasteiger partial charge < -0.3 is 14.8 Å². The van der Waals surface area contributed by atoms with Gasteiger partial charge in [0.25, 0.3) is 0 Å². The highest BCUT2D eigenvalue weighted by atomic mass is 32.2. The lowest BCUT2D eigenvalue weighted by molar-refractivity contribution is -0.127. The molecule has 2 heterocycles. The third-order valence-corrected chi connectivity index (χ3v) is 5.05. The number of amides is 1. The Bertz CT molecular complexity index is 813. The third-order valence-electron chi connectivity index (χ3n) is 4.58. The Morgan fingerprint density at radius 1 is 1.21 bits per heavy atom. The van der Waals surface area contributed by atoms with Gasteiger partial charge in [-0.1, -0.05) is 12.1 Å². The number of nitrogens with two attached hydrogens (primary N) is 1. The van der Waals surface area contributed by atoms with E-state index < -0.39 is 11.8 Å². The van der Waals surface area contributed by atoms with Crippen LogP contribution in [0.2, 0.25) is 0 Å². The van der Waals surface area contributed by atoms with Crippen LogP contribution in [-0.2, 0) is 4.79 Å². The largest absolute Gasteiger partial charge is 0.486 e. The number of carbonyl (C=O) groups excluding carboxylic acids is 1. The lowest BCUT2D eigenvalue weighted by atomic mass is 9.86. The summed E-state index contributed by atoms with van der Waals surface area (Å²) in [5.74, 6) is -2.01. The van der Waals surface area contributed by atoms with E-state index in [2.05, 4.69) is 10.3 Å². The highest BCUT2D eigenvalue weighted by Gasteiger charge is 2.39. The second kappa shape index (κ2) is 9.89. The fourth-order valence-corrected chi connectivity index (χ4v) is 3.50. The molecular weight excluding hydrogens is 400 g/mol. The van der Waals surface area contributed by atoms with Crippen molar-refractivity contribution in [3.05, 3.63) is 42.6 Å². The van der Waals surface area contributed by atoms with Crippen LogP contribution in [0.25, 0.3) is 0 Å². The van der Waals surface area contributed by atoms with Gasteiger partial charge in [-0.2, -0.15) is 0 Å². The maximum atomic E-state index is 13.3. The molecule has 1 aliphatic carbocycles. The predicted molar refractivity (Wildman–Crippen MR) is 107 cm³/mol. The number of nitrogens with zero attached hydrogens (tertiary/aromatic N) is 1. The van der Waals surface area contributed by atoms with Crippen molar-refractivity contribution in [2.45, 2.75) is 36.6 Å². The molecule has 1 fully saturated rings. The molecule has 1 saturated carbocycles. The average molecular weight is 423 g/mol. The Morgan fingerprint density at radius 2 is 1.90 bits per heavy atom. The minimum absolute atomic E-state index is 0.125. The fraction of sp³-hybridized carbons (Fsp3) is 0.400. The number of ether oxygens (including phenoxy) is 2. The van der Waals surface area contributed by atoms with Gasteiger partial charge in [-0.25, -0.2) is 13.8 Å². The molecule has 9 heteroatoms. The zero-order chi connectivity index (χ0) is 20.7. The molecule has 2 aromatic rings. The first-order chi connectivity index (χ1) is 14.0. The molecule has 3 N–H and O–H groups in total. The second-order valence-electron chi connectivity index (χ2n) is 6.78. The third kappa shape index (κ3) is 6.30. The van der Waals surface area contributed by atoms with E-state index in [-0.39, 0.29) is 18.7 Å². The Balaban J connectivity index is 0.000000200. The Morgan fingerprint density at radius 3 is 2.52 bits per heavy atom. The molecule has 1 atom stereocenters. The first kappa shape index (κ1) is 21.3. The number of nitrogens with one attached hydrogen (secondary N) is 1. The number of hydrogen-bond acceptors (Lipinski definition) is 6. The first-order valence-corrected chi connectivity index (χ1v) is 10.2. The van der Waals surface area contributed by atoms with Crippen LogP contribution < -0.4 is 19.9 Å². The van der Waals surface area contributed by atoms with Gasteiger partial charge >= 0.3 is 0 Å². The van der Waals surface area contributed by atoms with E-state index in [1.54, 1.807) is 12.1 Å². The smallest absolute Gasteiger partial charge is 0.248 e. The molecule has 156 valence electrons. The van der Waals surface area contributed by atoms with E-state index in [0.29, 0.717) is 36.8 Å². The van der Waals surface area contributed by atoms with Crippen LogP contribution in [0.1, 0.15) is 25.7 Å². The van der Waals surface area contributed by atoms with Crippen LogP contribution in [0.5, 0.6) is 11.5 Å². The summed E-state index contributed by atoms with van der Waals surface area (Å²) >= 11 is 0.963. The van der Waals surface area contributed by atoms with Crippen molar-refractivity contribution in [2.75, 3.05) is 18.5 Å². The van der Waals surface area contributed by atoms with Crippen LogP contribution in [0, 0.1) is 5.92 Å². The molecule has 0 bridgehead atoms.